The molecule has 0 aromatic carbocycles. The molecule has 0 atom stereocenters. The maximum Gasteiger partial charge on any atom is 0.224 e. The second-order valence-electron chi connectivity index (χ2n) is 4.09. The van der Waals surface area contributed by atoms with E-state index in [1.807, 2.05) is 13.1 Å². The van der Waals surface area contributed by atoms with Crippen LogP contribution in [0.1, 0.15) is 20.3 Å². The van der Waals surface area contributed by atoms with Crippen LogP contribution in [-0.4, -0.2) is 30.6 Å². The van der Waals surface area contributed by atoms with E-state index in [1.54, 1.807) is 6.20 Å². The molecule has 1 N–H and O–H groups in total. The Morgan fingerprint density at radius 2 is 2.20 bits per heavy atom. The summed E-state index contributed by atoms with van der Waals surface area (Å²) < 4.78 is 0. The standard InChI is InChI=1S/C11H20N4/c1-9(2)6-8-15(4)10-5-7-13-11(12-3)14-10/h5,7,9H,6,8H2,1-4H3,(H,12,13,14). The Hall–Kier alpha value is -1.32. The maximum atomic E-state index is 4.37. The number of anilines is 2. The lowest BCUT2D eigenvalue weighted by molar-refractivity contribution is 0.583. The van der Waals surface area contributed by atoms with E-state index in [2.05, 4.69) is 41.1 Å². The fraction of sp³-hybridized carbons (Fsp3) is 0.636. The van der Waals surface area contributed by atoms with Crippen LogP contribution >= 0.6 is 0 Å². The summed E-state index contributed by atoms with van der Waals surface area (Å²) in [4.78, 5) is 10.6. The molecule has 4 heteroatoms. The van der Waals surface area contributed by atoms with Gasteiger partial charge in [-0.05, 0) is 18.4 Å². The minimum Gasteiger partial charge on any atom is -0.360 e. The zero-order valence-corrected chi connectivity index (χ0v) is 9.99. The second kappa shape index (κ2) is 5.53. The highest BCUT2D eigenvalue weighted by molar-refractivity contribution is 5.41. The van der Waals surface area contributed by atoms with Crippen LogP contribution in [0.25, 0.3) is 0 Å². The summed E-state index contributed by atoms with van der Waals surface area (Å²) in [6, 6.07) is 1.93. The lowest BCUT2D eigenvalue weighted by Crippen LogP contribution is -2.21. The molecule has 15 heavy (non-hydrogen) atoms. The van der Waals surface area contributed by atoms with Crippen molar-refractivity contribution in [1.82, 2.24) is 9.97 Å². The van der Waals surface area contributed by atoms with Crippen LogP contribution in [-0.2, 0) is 0 Å². The molecule has 1 heterocycles. The average molecular weight is 208 g/mol. The summed E-state index contributed by atoms with van der Waals surface area (Å²) in [6.07, 6.45) is 2.95. The third-order valence-corrected chi connectivity index (χ3v) is 2.30. The van der Waals surface area contributed by atoms with E-state index in [0.717, 1.165) is 18.3 Å². The zero-order valence-electron chi connectivity index (χ0n) is 9.99. The van der Waals surface area contributed by atoms with Crippen LogP contribution in [0.5, 0.6) is 0 Å². The monoisotopic (exact) mass is 208 g/mol. The van der Waals surface area contributed by atoms with Gasteiger partial charge in [0.05, 0.1) is 0 Å². The molecule has 0 amide bonds. The van der Waals surface area contributed by atoms with Crippen molar-refractivity contribution in [3.8, 4) is 0 Å². The molecule has 1 aromatic heterocycles. The van der Waals surface area contributed by atoms with Crippen molar-refractivity contribution in [3.05, 3.63) is 12.3 Å². The van der Waals surface area contributed by atoms with Gasteiger partial charge in [0.1, 0.15) is 5.82 Å². The van der Waals surface area contributed by atoms with Crippen molar-refractivity contribution in [2.45, 2.75) is 20.3 Å². The molecule has 0 fully saturated rings. The summed E-state index contributed by atoms with van der Waals surface area (Å²) in [6.45, 7) is 5.48. The van der Waals surface area contributed by atoms with E-state index in [9.17, 15) is 0 Å². The van der Waals surface area contributed by atoms with Gasteiger partial charge in [-0.25, -0.2) is 4.98 Å². The van der Waals surface area contributed by atoms with Gasteiger partial charge in [-0.15, -0.1) is 0 Å². The zero-order chi connectivity index (χ0) is 11.3. The lowest BCUT2D eigenvalue weighted by Gasteiger charge is -2.19. The van der Waals surface area contributed by atoms with Gasteiger partial charge in [0.15, 0.2) is 0 Å². The molecule has 84 valence electrons. The normalized spacial score (nSPS) is 10.5. The van der Waals surface area contributed by atoms with Gasteiger partial charge in [-0.2, -0.15) is 4.98 Å². The van der Waals surface area contributed by atoms with E-state index in [4.69, 9.17) is 0 Å². The van der Waals surface area contributed by atoms with E-state index in [0.29, 0.717) is 5.95 Å². The molecule has 0 saturated heterocycles. The van der Waals surface area contributed by atoms with E-state index in [1.165, 1.54) is 6.42 Å². The minimum atomic E-state index is 0.670. The number of aromatic nitrogens is 2. The Morgan fingerprint density at radius 3 is 2.80 bits per heavy atom. The molecule has 0 unspecified atom stereocenters. The third kappa shape index (κ3) is 3.73. The van der Waals surface area contributed by atoms with Crippen LogP contribution < -0.4 is 10.2 Å². The molecule has 0 saturated carbocycles. The molecule has 0 bridgehead atoms. The summed E-state index contributed by atoms with van der Waals surface area (Å²) in [5.74, 6) is 2.36. The minimum absolute atomic E-state index is 0.670. The van der Waals surface area contributed by atoms with Gasteiger partial charge in [0, 0.05) is 26.8 Å². The number of rotatable bonds is 5. The third-order valence-electron chi connectivity index (χ3n) is 2.30. The van der Waals surface area contributed by atoms with Gasteiger partial charge in [-0.3, -0.25) is 0 Å². The van der Waals surface area contributed by atoms with Crippen LogP contribution in [0.4, 0.5) is 11.8 Å². The topological polar surface area (TPSA) is 41.1 Å². The number of nitrogens with zero attached hydrogens (tertiary/aromatic N) is 3. The van der Waals surface area contributed by atoms with Crippen molar-refractivity contribution >= 4 is 11.8 Å². The molecule has 0 radical (unpaired) electrons. The molecule has 0 aliphatic rings. The first-order valence-electron chi connectivity index (χ1n) is 5.35. The molecule has 1 rings (SSSR count). The van der Waals surface area contributed by atoms with Crippen LogP contribution in [0.15, 0.2) is 12.3 Å². The highest BCUT2D eigenvalue weighted by Crippen LogP contribution is 2.11. The van der Waals surface area contributed by atoms with E-state index in [-0.39, 0.29) is 0 Å². The number of nitrogens with one attached hydrogen (secondary N) is 1. The fourth-order valence-electron chi connectivity index (χ4n) is 1.25. The second-order valence-corrected chi connectivity index (χ2v) is 4.09. The van der Waals surface area contributed by atoms with Crippen LogP contribution in [0.2, 0.25) is 0 Å². The molecule has 0 aliphatic heterocycles. The highest BCUT2D eigenvalue weighted by Gasteiger charge is 2.04. The summed E-state index contributed by atoms with van der Waals surface area (Å²) >= 11 is 0. The van der Waals surface area contributed by atoms with Crippen LogP contribution in [0, 0.1) is 5.92 Å². The quantitative estimate of drug-likeness (QED) is 0.803. The Bertz CT molecular complexity index is 298. The Morgan fingerprint density at radius 1 is 1.47 bits per heavy atom. The van der Waals surface area contributed by atoms with Crippen molar-refractivity contribution < 1.29 is 0 Å². The molecule has 4 nitrogen and oxygen atoms in total. The Labute approximate surface area is 91.7 Å². The van der Waals surface area contributed by atoms with E-state index < -0.39 is 0 Å². The maximum absolute atomic E-state index is 4.37. The molecular formula is C11H20N4. The first-order chi connectivity index (χ1) is 7.13. The van der Waals surface area contributed by atoms with Gasteiger partial charge >= 0.3 is 0 Å². The van der Waals surface area contributed by atoms with Gasteiger partial charge in [-0.1, -0.05) is 13.8 Å². The molecule has 1 aromatic rings. The van der Waals surface area contributed by atoms with Crippen molar-refractivity contribution in [2.75, 3.05) is 30.9 Å². The van der Waals surface area contributed by atoms with Crippen LogP contribution in [0.3, 0.4) is 0 Å². The SMILES string of the molecule is CNc1nccc(N(C)CCC(C)C)n1. The number of hydrogen-bond donors (Lipinski definition) is 1. The van der Waals surface area contributed by atoms with Gasteiger partial charge in [0.25, 0.3) is 0 Å². The first-order valence-corrected chi connectivity index (χ1v) is 5.35. The van der Waals surface area contributed by atoms with Gasteiger partial charge < -0.3 is 10.2 Å². The largest absolute Gasteiger partial charge is 0.360 e. The molecule has 0 aliphatic carbocycles. The van der Waals surface area contributed by atoms with Gasteiger partial charge in [0.2, 0.25) is 5.95 Å². The van der Waals surface area contributed by atoms with Crippen molar-refractivity contribution in [1.29, 1.82) is 0 Å². The predicted octanol–water partition coefficient (Wildman–Crippen LogP) is 2.00. The Balaban J connectivity index is 2.60. The highest BCUT2D eigenvalue weighted by atomic mass is 15.2. The molecular weight excluding hydrogens is 188 g/mol. The summed E-state index contributed by atoms with van der Waals surface area (Å²) in [5, 5.41) is 2.94. The predicted molar refractivity (Wildman–Crippen MR) is 64.3 cm³/mol. The smallest absolute Gasteiger partial charge is 0.224 e. The average Bonchev–Trinajstić information content (AvgIpc) is 2.26. The number of hydrogen-bond acceptors (Lipinski definition) is 4. The summed E-state index contributed by atoms with van der Waals surface area (Å²) in [7, 11) is 3.89. The van der Waals surface area contributed by atoms with Crippen molar-refractivity contribution in [2.24, 2.45) is 5.92 Å². The van der Waals surface area contributed by atoms with Crippen molar-refractivity contribution in [3.63, 3.8) is 0 Å². The first kappa shape index (κ1) is 11.8. The fourth-order valence-corrected chi connectivity index (χ4v) is 1.25. The molecule has 0 spiro atoms. The lowest BCUT2D eigenvalue weighted by atomic mass is 10.1. The summed E-state index contributed by atoms with van der Waals surface area (Å²) in [5.41, 5.74) is 0. The Kier molecular flexibility index (Phi) is 4.34. The van der Waals surface area contributed by atoms with E-state index >= 15 is 0 Å².